The van der Waals surface area contributed by atoms with Gasteiger partial charge in [-0.3, -0.25) is 9.97 Å². The van der Waals surface area contributed by atoms with E-state index in [1.807, 2.05) is 152 Å². The molecule has 390 valence electrons. The fourth-order valence-electron chi connectivity index (χ4n) is 5.97. The number of ether oxygens (including phenoxy) is 6. The number of hydrogen-bond donors (Lipinski definition) is 4. The SMILES string of the molecule is Brc1ccccn1.COc1[c-]cccc1.COc1ccccc1-c1ccccn1.COc1ccccc1-c1ccccn1.COc1ccccc1B(O)O.COc1ccccc1B(O)O.COc1ccccc1Br.[Br-].[Mg+2]. The van der Waals surface area contributed by atoms with E-state index in [1.54, 1.807) is 95.6 Å². The molecule has 9 aromatic rings. The molecule has 0 bridgehead atoms. The van der Waals surface area contributed by atoms with Gasteiger partial charge in [-0.05, 0) is 117 Å². The molecule has 0 spiro atoms. The molecule has 6 aromatic carbocycles. The summed E-state index contributed by atoms with van der Waals surface area (Å²) in [6.07, 6.45) is 5.30. The normalized spacial score (nSPS) is 9.11. The molecule has 3 aromatic heterocycles. The van der Waals surface area contributed by atoms with E-state index in [2.05, 4.69) is 52.9 Å². The van der Waals surface area contributed by atoms with Crippen LogP contribution in [0.25, 0.3) is 22.5 Å². The molecule has 19 heteroatoms. The van der Waals surface area contributed by atoms with Crippen LogP contribution >= 0.6 is 31.9 Å². The van der Waals surface area contributed by atoms with Crippen molar-refractivity contribution < 1.29 is 65.5 Å². The number of methoxy groups -OCH3 is 6. The molecule has 0 unspecified atom stereocenters. The van der Waals surface area contributed by atoms with Crippen molar-refractivity contribution >= 4 is 80.1 Å². The van der Waals surface area contributed by atoms with Crippen LogP contribution < -0.4 is 56.3 Å². The zero-order valence-electron chi connectivity index (χ0n) is 42.9. The molecule has 0 amide bonds. The van der Waals surface area contributed by atoms with Gasteiger partial charge < -0.3 is 65.5 Å². The standard InChI is InChI=1S/2C12H11NO.2C7H9BO3.C7H7BrO.C7H7O.C5H4BrN.BrH.Mg/c2*1-14-12-8-3-2-6-10(12)11-7-4-5-9-13-11;2*1-11-7-5-3-2-4-6(7)8(9)10;1-9-7-5-3-2-4-6(7)8;1-8-7-5-3-2-4-6-7;6-5-3-1-2-4-7-5;;/h2*2-9H,1H3;2*2-5,9-10H,1H3;2-5H,1H3;2-5H,1H3;1-4H;1H;/q;;;;;-1;;;+2/p-1. The van der Waals surface area contributed by atoms with Gasteiger partial charge in [-0.1, -0.05) is 91.0 Å². The van der Waals surface area contributed by atoms with E-state index in [9.17, 15) is 0 Å². The van der Waals surface area contributed by atoms with Crippen LogP contribution in [0.5, 0.6) is 34.5 Å². The summed E-state index contributed by atoms with van der Waals surface area (Å²) < 4.78 is 32.0. The van der Waals surface area contributed by atoms with Gasteiger partial charge in [-0.15, -0.1) is 12.1 Å². The fraction of sp³-hybridized carbons (Fsp3) is 0.105. The number of halogens is 3. The number of rotatable bonds is 10. The van der Waals surface area contributed by atoms with Crippen molar-refractivity contribution in [3.8, 4) is 57.0 Å². The van der Waals surface area contributed by atoms with Gasteiger partial charge >= 0.3 is 37.3 Å². The first-order chi connectivity index (χ1) is 36.0. The Bertz CT molecular complexity index is 2740. The molecular formula is C57H58B2Br3MgN3O10. The van der Waals surface area contributed by atoms with Crippen molar-refractivity contribution in [2.45, 2.75) is 0 Å². The Kier molecular flexibility index (Phi) is 36.5. The minimum atomic E-state index is -1.47. The third kappa shape index (κ3) is 25.5. The molecule has 9 rings (SSSR count). The zero-order valence-corrected chi connectivity index (χ0v) is 49.0. The Labute approximate surface area is 490 Å². The van der Waals surface area contributed by atoms with Crippen molar-refractivity contribution in [2.75, 3.05) is 42.7 Å². The van der Waals surface area contributed by atoms with Crippen LogP contribution in [0.2, 0.25) is 0 Å². The average Bonchev–Trinajstić information content (AvgIpc) is 3.47. The predicted octanol–water partition coefficient (Wildman–Crippen LogP) is 6.68. The first-order valence-electron chi connectivity index (χ1n) is 22.4. The minimum Gasteiger partial charge on any atom is -1.00 e. The summed E-state index contributed by atoms with van der Waals surface area (Å²) in [5.74, 6) is 4.34. The van der Waals surface area contributed by atoms with Crippen molar-refractivity contribution in [1.82, 2.24) is 15.0 Å². The number of aromatic nitrogens is 3. The predicted molar refractivity (Wildman–Crippen MR) is 308 cm³/mol. The molecule has 0 saturated heterocycles. The number of nitrogens with zero attached hydrogens (tertiary/aromatic N) is 3. The second-order valence-electron chi connectivity index (χ2n) is 14.3. The van der Waals surface area contributed by atoms with Crippen LogP contribution in [-0.2, 0) is 0 Å². The largest absolute Gasteiger partial charge is 2.00 e. The molecule has 0 atom stereocenters. The third-order valence-electron chi connectivity index (χ3n) is 9.52. The van der Waals surface area contributed by atoms with E-state index in [-0.39, 0.29) is 40.0 Å². The zero-order chi connectivity index (χ0) is 53.8. The van der Waals surface area contributed by atoms with Crippen molar-refractivity contribution in [1.29, 1.82) is 0 Å². The second-order valence-corrected chi connectivity index (χ2v) is 15.9. The summed E-state index contributed by atoms with van der Waals surface area (Å²) in [4.78, 5) is 12.5. The molecule has 0 aliphatic rings. The number of hydrogen-bond acceptors (Lipinski definition) is 13. The summed E-state index contributed by atoms with van der Waals surface area (Å²) in [7, 11) is 6.66. The van der Waals surface area contributed by atoms with Gasteiger partial charge in [-0.25, -0.2) is 4.98 Å². The van der Waals surface area contributed by atoms with Crippen molar-refractivity contribution in [2.24, 2.45) is 0 Å². The van der Waals surface area contributed by atoms with E-state index >= 15 is 0 Å². The molecule has 0 aliphatic carbocycles. The van der Waals surface area contributed by atoms with Gasteiger partial charge in [0.05, 0.1) is 58.5 Å². The molecule has 3 heterocycles. The van der Waals surface area contributed by atoms with Gasteiger partial charge in [0, 0.05) is 46.4 Å². The molecule has 13 nitrogen and oxygen atoms in total. The smallest absolute Gasteiger partial charge is 1.00 e. The van der Waals surface area contributed by atoms with E-state index in [0.717, 1.165) is 54.6 Å². The second kappa shape index (κ2) is 41.0. The maximum atomic E-state index is 8.81. The summed E-state index contributed by atoms with van der Waals surface area (Å²) in [6.45, 7) is 0. The Hall–Kier alpha value is -6.25. The van der Waals surface area contributed by atoms with Gasteiger partial charge in [0.2, 0.25) is 0 Å². The molecule has 4 N–H and O–H groups in total. The van der Waals surface area contributed by atoms with Crippen molar-refractivity contribution in [3.63, 3.8) is 0 Å². The topological polar surface area (TPSA) is 175 Å². The van der Waals surface area contributed by atoms with Crippen LogP contribution in [0.4, 0.5) is 0 Å². The Morgan fingerprint density at radius 1 is 0.382 bits per heavy atom. The molecular weight excluding hydrogens is 1170 g/mol. The summed E-state index contributed by atoms with van der Waals surface area (Å²) >= 11 is 6.53. The van der Waals surface area contributed by atoms with Gasteiger partial charge in [0.1, 0.15) is 33.4 Å². The summed E-state index contributed by atoms with van der Waals surface area (Å²) in [5, 5.41) is 35.2. The van der Waals surface area contributed by atoms with E-state index < -0.39 is 14.2 Å². The Balaban J connectivity index is 0.000000447. The maximum absolute atomic E-state index is 8.81. The summed E-state index contributed by atoms with van der Waals surface area (Å²) in [6, 6.07) is 64.8. The molecule has 0 fully saturated rings. The van der Waals surface area contributed by atoms with E-state index in [0.29, 0.717) is 22.4 Å². The monoisotopic (exact) mass is 1230 g/mol. The van der Waals surface area contributed by atoms with Gasteiger partial charge in [0.15, 0.2) is 0 Å². The van der Waals surface area contributed by atoms with Crippen LogP contribution in [0.3, 0.4) is 0 Å². The number of pyridine rings is 3. The van der Waals surface area contributed by atoms with Crippen LogP contribution in [0.15, 0.2) is 228 Å². The minimum absolute atomic E-state index is 0. The fourth-order valence-corrected chi connectivity index (χ4v) is 6.69. The molecule has 0 radical (unpaired) electrons. The van der Waals surface area contributed by atoms with Gasteiger partial charge in [-0.2, -0.15) is 18.2 Å². The van der Waals surface area contributed by atoms with E-state index in [1.165, 1.54) is 14.2 Å². The van der Waals surface area contributed by atoms with Gasteiger partial charge in [0.25, 0.3) is 0 Å². The molecule has 0 aliphatic heterocycles. The maximum Gasteiger partial charge on any atom is 2.00 e. The molecule has 0 saturated carbocycles. The van der Waals surface area contributed by atoms with Crippen LogP contribution in [-0.4, -0.2) is 115 Å². The van der Waals surface area contributed by atoms with E-state index in [4.69, 9.17) is 48.5 Å². The Morgan fingerprint density at radius 3 is 1.01 bits per heavy atom. The van der Waals surface area contributed by atoms with Crippen LogP contribution in [0, 0.1) is 6.07 Å². The number of benzene rings is 6. The average molecular weight is 1230 g/mol. The third-order valence-corrected chi connectivity index (χ3v) is 10.6. The first-order valence-corrected chi connectivity index (χ1v) is 24.0. The van der Waals surface area contributed by atoms with Crippen LogP contribution in [0.1, 0.15) is 0 Å². The summed E-state index contributed by atoms with van der Waals surface area (Å²) in [5.41, 5.74) is 4.69. The quantitative estimate of drug-likeness (QED) is 0.0649. The van der Waals surface area contributed by atoms with Crippen molar-refractivity contribution in [3.05, 3.63) is 234 Å². The Morgan fingerprint density at radius 2 is 0.737 bits per heavy atom. The first kappa shape index (κ1) is 67.8. The molecule has 76 heavy (non-hydrogen) atoms. The number of para-hydroxylation sites is 6.